The van der Waals surface area contributed by atoms with Crippen molar-refractivity contribution >= 4 is 27.5 Å². The first-order valence-electron chi connectivity index (χ1n) is 5.88. The summed E-state index contributed by atoms with van der Waals surface area (Å²) in [6, 6.07) is 5.11. The molecule has 104 valence electrons. The molecule has 0 saturated carbocycles. The Balaban J connectivity index is 2.24. The van der Waals surface area contributed by atoms with Gasteiger partial charge in [0.05, 0.1) is 6.42 Å². The average Bonchev–Trinajstić information content (AvgIpc) is 2.31. The molecule has 2 rings (SSSR count). The van der Waals surface area contributed by atoms with Crippen LogP contribution in [-0.4, -0.2) is 19.1 Å². The van der Waals surface area contributed by atoms with E-state index in [4.69, 9.17) is 0 Å². The van der Waals surface area contributed by atoms with Crippen LogP contribution in [-0.2, 0) is 11.2 Å². The van der Waals surface area contributed by atoms with Gasteiger partial charge in [0.1, 0.15) is 0 Å². The van der Waals surface area contributed by atoms with E-state index in [1.54, 1.807) is 30.1 Å². The van der Waals surface area contributed by atoms with Crippen LogP contribution in [0.4, 0.5) is 18.9 Å². The van der Waals surface area contributed by atoms with Crippen LogP contribution in [0.5, 0.6) is 0 Å². The van der Waals surface area contributed by atoms with Crippen molar-refractivity contribution in [1.29, 1.82) is 0 Å². The number of carbonyl (C=O) groups excluding carboxylic acids is 1. The quantitative estimate of drug-likeness (QED) is 0.748. The summed E-state index contributed by atoms with van der Waals surface area (Å²) in [6.07, 6.45) is -4.12. The molecule has 1 heterocycles. The summed E-state index contributed by atoms with van der Waals surface area (Å²) in [5.41, 5.74) is 2.30. The number of fused-ring (bicyclic) bond motifs is 1. The topological polar surface area (TPSA) is 20.3 Å². The number of hydrogen-bond donors (Lipinski definition) is 0. The molecule has 6 heteroatoms. The average molecular weight is 336 g/mol. The highest BCUT2D eigenvalue weighted by molar-refractivity contribution is 9.09. The van der Waals surface area contributed by atoms with Gasteiger partial charge in [-0.1, -0.05) is 28.1 Å². The van der Waals surface area contributed by atoms with E-state index in [0.717, 1.165) is 11.3 Å². The minimum atomic E-state index is -4.20. The van der Waals surface area contributed by atoms with Crippen LogP contribution >= 0.6 is 15.9 Å². The number of aryl methyl sites for hydroxylation is 1. The van der Waals surface area contributed by atoms with Gasteiger partial charge in [0.25, 0.3) is 0 Å². The molecular weight excluding hydrogens is 323 g/mol. The highest BCUT2D eigenvalue weighted by atomic mass is 79.9. The zero-order chi connectivity index (χ0) is 14.2. The molecule has 1 aromatic carbocycles. The maximum absolute atomic E-state index is 12.4. The van der Waals surface area contributed by atoms with Crippen molar-refractivity contribution in [1.82, 2.24) is 0 Å². The molecule has 1 aromatic rings. The lowest BCUT2D eigenvalue weighted by atomic mass is 9.97. The SMILES string of the molecule is CN1C(=O)CCc2cc(C(Br)CC(F)(F)F)ccc21. The molecule has 2 nitrogen and oxygen atoms in total. The van der Waals surface area contributed by atoms with E-state index in [0.29, 0.717) is 18.4 Å². The molecule has 1 amide bonds. The van der Waals surface area contributed by atoms with Gasteiger partial charge in [0, 0.05) is 24.0 Å². The van der Waals surface area contributed by atoms with Crippen LogP contribution < -0.4 is 4.90 Å². The van der Waals surface area contributed by atoms with Crippen molar-refractivity contribution in [3.8, 4) is 0 Å². The van der Waals surface area contributed by atoms with Gasteiger partial charge < -0.3 is 4.90 Å². The van der Waals surface area contributed by atoms with Crippen molar-refractivity contribution in [3.63, 3.8) is 0 Å². The predicted octanol–water partition coefficient (Wildman–Crippen LogP) is 3.98. The maximum Gasteiger partial charge on any atom is 0.390 e. The van der Waals surface area contributed by atoms with Crippen molar-refractivity contribution in [2.75, 3.05) is 11.9 Å². The Morgan fingerprint density at radius 3 is 2.68 bits per heavy atom. The lowest BCUT2D eigenvalue weighted by Gasteiger charge is -2.26. The predicted molar refractivity (Wildman–Crippen MR) is 70.5 cm³/mol. The summed E-state index contributed by atoms with van der Waals surface area (Å²) in [5, 5.41) is 0. The highest BCUT2D eigenvalue weighted by Gasteiger charge is 2.32. The van der Waals surface area contributed by atoms with Gasteiger partial charge in [0.15, 0.2) is 0 Å². The Kier molecular flexibility index (Phi) is 3.90. The smallest absolute Gasteiger partial charge is 0.315 e. The summed E-state index contributed by atoms with van der Waals surface area (Å²) < 4.78 is 37.1. The molecule has 19 heavy (non-hydrogen) atoms. The molecule has 1 aliphatic rings. The van der Waals surface area contributed by atoms with Gasteiger partial charge in [0.2, 0.25) is 5.91 Å². The molecule has 0 N–H and O–H groups in total. The van der Waals surface area contributed by atoms with Crippen LogP contribution in [0.1, 0.15) is 28.8 Å². The molecule has 0 fully saturated rings. The molecule has 0 radical (unpaired) electrons. The van der Waals surface area contributed by atoms with Gasteiger partial charge in [-0.2, -0.15) is 13.2 Å². The van der Waals surface area contributed by atoms with Gasteiger partial charge in [-0.3, -0.25) is 4.79 Å². The number of benzene rings is 1. The van der Waals surface area contributed by atoms with E-state index < -0.39 is 17.4 Å². The number of rotatable bonds is 2. The molecule has 1 atom stereocenters. The fourth-order valence-corrected chi connectivity index (χ4v) is 2.84. The molecule has 0 bridgehead atoms. The third kappa shape index (κ3) is 3.29. The van der Waals surface area contributed by atoms with Crippen LogP contribution in [0.25, 0.3) is 0 Å². The number of carbonyl (C=O) groups is 1. The van der Waals surface area contributed by atoms with Gasteiger partial charge in [-0.05, 0) is 23.6 Å². The molecular formula is C13H13BrF3NO. The van der Waals surface area contributed by atoms with Crippen molar-refractivity contribution in [2.45, 2.75) is 30.3 Å². The second kappa shape index (κ2) is 5.15. The second-order valence-electron chi connectivity index (χ2n) is 4.63. The number of hydrogen-bond acceptors (Lipinski definition) is 1. The zero-order valence-corrected chi connectivity index (χ0v) is 11.9. The number of halogens is 4. The molecule has 1 unspecified atom stereocenters. The fraction of sp³-hybridized carbons (Fsp3) is 0.462. The van der Waals surface area contributed by atoms with Gasteiger partial charge >= 0.3 is 6.18 Å². The van der Waals surface area contributed by atoms with Crippen LogP contribution in [0.15, 0.2) is 18.2 Å². The van der Waals surface area contributed by atoms with E-state index >= 15 is 0 Å². The Labute approximate surface area is 117 Å². The highest BCUT2D eigenvalue weighted by Crippen LogP contribution is 2.38. The minimum Gasteiger partial charge on any atom is -0.315 e. The van der Waals surface area contributed by atoms with E-state index in [2.05, 4.69) is 15.9 Å². The van der Waals surface area contributed by atoms with Crippen LogP contribution in [0.2, 0.25) is 0 Å². The molecule has 0 saturated heterocycles. The maximum atomic E-state index is 12.4. The van der Waals surface area contributed by atoms with Crippen molar-refractivity contribution in [3.05, 3.63) is 29.3 Å². The van der Waals surface area contributed by atoms with E-state index in [-0.39, 0.29) is 5.91 Å². The standard InChI is InChI=1S/C13H13BrF3NO/c1-18-11-4-2-8(10(14)7-13(15,16)17)6-9(11)3-5-12(18)19/h2,4,6,10H,3,5,7H2,1H3. The number of anilines is 1. The second-order valence-corrected chi connectivity index (χ2v) is 5.73. The first-order chi connectivity index (χ1) is 8.78. The molecule has 0 aliphatic carbocycles. The molecule has 0 spiro atoms. The van der Waals surface area contributed by atoms with Gasteiger partial charge in [-0.25, -0.2) is 0 Å². The first kappa shape index (κ1) is 14.4. The van der Waals surface area contributed by atoms with Crippen LogP contribution in [0.3, 0.4) is 0 Å². The zero-order valence-electron chi connectivity index (χ0n) is 10.3. The fourth-order valence-electron chi connectivity index (χ4n) is 2.19. The lowest BCUT2D eigenvalue weighted by Crippen LogP contribution is -2.31. The number of amides is 1. The number of alkyl halides is 4. The third-order valence-electron chi connectivity index (χ3n) is 3.22. The normalized spacial score (nSPS) is 17.3. The summed E-state index contributed by atoms with van der Waals surface area (Å²) in [5.74, 6) is 0.0333. The minimum absolute atomic E-state index is 0.0333. The Hall–Kier alpha value is -1.04. The third-order valence-corrected chi connectivity index (χ3v) is 4.07. The lowest BCUT2D eigenvalue weighted by molar-refractivity contribution is -0.134. The van der Waals surface area contributed by atoms with E-state index in [1.807, 2.05) is 0 Å². The van der Waals surface area contributed by atoms with Crippen LogP contribution in [0, 0.1) is 0 Å². The monoisotopic (exact) mass is 335 g/mol. The largest absolute Gasteiger partial charge is 0.390 e. The summed E-state index contributed by atoms with van der Waals surface area (Å²) in [4.78, 5) is 12.3. The summed E-state index contributed by atoms with van der Waals surface area (Å²) >= 11 is 3.08. The molecule has 1 aliphatic heterocycles. The summed E-state index contributed by atoms with van der Waals surface area (Å²) in [6.45, 7) is 0. The van der Waals surface area contributed by atoms with E-state index in [9.17, 15) is 18.0 Å². The van der Waals surface area contributed by atoms with Gasteiger partial charge in [-0.15, -0.1) is 0 Å². The first-order valence-corrected chi connectivity index (χ1v) is 6.80. The Morgan fingerprint density at radius 1 is 1.37 bits per heavy atom. The van der Waals surface area contributed by atoms with Crippen molar-refractivity contribution in [2.24, 2.45) is 0 Å². The number of nitrogens with zero attached hydrogens (tertiary/aromatic N) is 1. The van der Waals surface area contributed by atoms with Crippen molar-refractivity contribution < 1.29 is 18.0 Å². The Morgan fingerprint density at radius 2 is 2.05 bits per heavy atom. The van der Waals surface area contributed by atoms with E-state index in [1.165, 1.54) is 0 Å². The molecule has 0 aromatic heterocycles. The summed E-state index contributed by atoms with van der Waals surface area (Å²) in [7, 11) is 1.68. The Bertz CT molecular complexity index is 501.